The molecule has 2 N–H and O–H groups in total. The highest BCUT2D eigenvalue weighted by Gasteiger charge is 2.35. The van der Waals surface area contributed by atoms with Crippen molar-refractivity contribution in [3.8, 4) is 0 Å². The molecule has 1 saturated heterocycles. The molecule has 24 heavy (non-hydrogen) atoms. The SMILES string of the molecule is COC(=O)[C@@H](CO)NC(=O)[C@H]1CCCN(S(=O)(=O)c2cccs2)C1. The van der Waals surface area contributed by atoms with E-state index in [1.165, 1.54) is 10.4 Å². The molecule has 1 aromatic heterocycles. The van der Waals surface area contributed by atoms with Crippen LogP contribution in [0.25, 0.3) is 0 Å². The van der Waals surface area contributed by atoms with E-state index in [1.54, 1.807) is 11.4 Å². The zero-order valence-corrected chi connectivity index (χ0v) is 14.8. The fraction of sp³-hybridized carbons (Fsp3) is 0.571. The first-order chi connectivity index (χ1) is 11.4. The van der Waals surface area contributed by atoms with Crippen LogP contribution in [0.4, 0.5) is 0 Å². The van der Waals surface area contributed by atoms with Crippen molar-refractivity contribution in [3.63, 3.8) is 0 Å². The average molecular weight is 376 g/mol. The number of aliphatic hydroxyl groups excluding tert-OH is 1. The summed E-state index contributed by atoms with van der Waals surface area (Å²) in [6, 6.07) is 2.04. The zero-order chi connectivity index (χ0) is 17.7. The molecule has 2 rings (SSSR count). The lowest BCUT2D eigenvalue weighted by molar-refractivity contribution is -0.146. The third kappa shape index (κ3) is 4.12. The van der Waals surface area contributed by atoms with E-state index in [4.69, 9.17) is 5.11 Å². The van der Waals surface area contributed by atoms with Gasteiger partial charge in [-0.15, -0.1) is 11.3 Å². The zero-order valence-electron chi connectivity index (χ0n) is 13.2. The second-order valence-electron chi connectivity index (χ2n) is 5.40. The van der Waals surface area contributed by atoms with E-state index < -0.39 is 40.5 Å². The Kier molecular flexibility index (Phi) is 6.33. The fourth-order valence-corrected chi connectivity index (χ4v) is 5.19. The van der Waals surface area contributed by atoms with Crippen molar-refractivity contribution in [1.29, 1.82) is 0 Å². The summed E-state index contributed by atoms with van der Waals surface area (Å²) in [5.74, 6) is -1.79. The number of esters is 1. The lowest BCUT2D eigenvalue weighted by Gasteiger charge is -2.31. The number of aliphatic hydroxyl groups is 1. The first-order valence-electron chi connectivity index (χ1n) is 7.43. The van der Waals surface area contributed by atoms with Crippen LogP contribution < -0.4 is 5.32 Å². The van der Waals surface area contributed by atoms with Crippen molar-refractivity contribution < 1.29 is 27.9 Å². The predicted molar refractivity (Wildman–Crippen MR) is 86.8 cm³/mol. The maximum atomic E-state index is 12.5. The predicted octanol–water partition coefficient (Wildman–Crippen LogP) is -0.201. The van der Waals surface area contributed by atoms with E-state index in [0.29, 0.717) is 19.4 Å². The van der Waals surface area contributed by atoms with Gasteiger partial charge in [-0.3, -0.25) is 4.79 Å². The average Bonchev–Trinajstić information content (AvgIpc) is 3.14. The largest absolute Gasteiger partial charge is 0.467 e. The number of amides is 1. The number of ether oxygens (including phenoxy) is 1. The number of carbonyl (C=O) groups excluding carboxylic acids is 2. The molecule has 2 heterocycles. The van der Waals surface area contributed by atoms with Gasteiger partial charge in [0.15, 0.2) is 6.04 Å². The Bertz CT molecular complexity index is 673. The number of sulfonamides is 1. The molecule has 134 valence electrons. The summed E-state index contributed by atoms with van der Waals surface area (Å²) in [6.07, 6.45) is 1.06. The molecule has 0 saturated carbocycles. The molecule has 1 aromatic rings. The van der Waals surface area contributed by atoms with Crippen molar-refractivity contribution in [2.75, 3.05) is 26.8 Å². The Morgan fingerprint density at radius 3 is 2.88 bits per heavy atom. The van der Waals surface area contributed by atoms with Crippen LogP contribution in [-0.4, -0.2) is 62.6 Å². The molecule has 0 radical (unpaired) electrons. The Balaban J connectivity index is 2.05. The van der Waals surface area contributed by atoms with Crippen molar-refractivity contribution in [2.24, 2.45) is 5.92 Å². The van der Waals surface area contributed by atoms with Gasteiger partial charge in [0.1, 0.15) is 4.21 Å². The second-order valence-corrected chi connectivity index (χ2v) is 8.51. The fourth-order valence-electron chi connectivity index (χ4n) is 2.52. The molecule has 1 aliphatic heterocycles. The van der Waals surface area contributed by atoms with Gasteiger partial charge in [0, 0.05) is 13.1 Å². The first kappa shape index (κ1) is 18.8. The van der Waals surface area contributed by atoms with Crippen LogP contribution in [0.5, 0.6) is 0 Å². The number of rotatable bonds is 6. The molecule has 1 fully saturated rings. The number of hydrogen-bond donors (Lipinski definition) is 2. The molecular weight excluding hydrogens is 356 g/mol. The van der Waals surface area contributed by atoms with Crippen LogP contribution in [0.2, 0.25) is 0 Å². The number of nitrogens with one attached hydrogen (secondary N) is 1. The topological polar surface area (TPSA) is 113 Å². The normalized spacial score (nSPS) is 20.3. The highest BCUT2D eigenvalue weighted by Crippen LogP contribution is 2.26. The van der Waals surface area contributed by atoms with Crippen LogP contribution in [0.3, 0.4) is 0 Å². The van der Waals surface area contributed by atoms with Gasteiger partial charge < -0.3 is 15.2 Å². The van der Waals surface area contributed by atoms with E-state index in [1.807, 2.05) is 0 Å². The summed E-state index contributed by atoms with van der Waals surface area (Å²) >= 11 is 1.13. The summed E-state index contributed by atoms with van der Waals surface area (Å²) in [4.78, 5) is 23.7. The van der Waals surface area contributed by atoms with Gasteiger partial charge in [0.05, 0.1) is 19.6 Å². The van der Waals surface area contributed by atoms with E-state index in [0.717, 1.165) is 18.4 Å². The minimum absolute atomic E-state index is 0.0470. The lowest BCUT2D eigenvalue weighted by Crippen LogP contribution is -2.50. The highest BCUT2D eigenvalue weighted by atomic mass is 32.2. The molecule has 0 bridgehead atoms. The molecule has 10 heteroatoms. The number of thiophene rings is 1. The van der Waals surface area contributed by atoms with E-state index in [-0.39, 0.29) is 10.8 Å². The molecule has 2 atom stereocenters. The minimum atomic E-state index is -3.61. The van der Waals surface area contributed by atoms with Gasteiger partial charge >= 0.3 is 5.97 Å². The van der Waals surface area contributed by atoms with E-state index >= 15 is 0 Å². The number of hydrogen-bond acceptors (Lipinski definition) is 7. The number of carbonyl (C=O) groups is 2. The van der Waals surface area contributed by atoms with Crippen molar-refractivity contribution in [1.82, 2.24) is 9.62 Å². The Hall–Kier alpha value is -1.49. The third-order valence-corrected chi connectivity index (χ3v) is 7.07. The lowest BCUT2D eigenvalue weighted by atomic mass is 9.98. The second kappa shape index (κ2) is 8.06. The molecule has 1 aliphatic rings. The molecule has 0 spiro atoms. The van der Waals surface area contributed by atoms with Gasteiger partial charge in [-0.05, 0) is 24.3 Å². The maximum absolute atomic E-state index is 12.5. The van der Waals surface area contributed by atoms with Gasteiger partial charge in [-0.25, -0.2) is 13.2 Å². The molecule has 8 nitrogen and oxygen atoms in total. The summed E-state index contributed by atoms with van der Waals surface area (Å²) in [6.45, 7) is -0.182. The standard InChI is InChI=1S/C14H20N2O6S2/c1-22-14(19)11(9-17)15-13(18)10-4-2-6-16(8-10)24(20,21)12-5-3-7-23-12/h3,5,7,10-11,17H,2,4,6,8-9H2,1H3,(H,15,18)/t10-,11+/m0/s1. The minimum Gasteiger partial charge on any atom is -0.467 e. The van der Waals surface area contributed by atoms with Crippen LogP contribution in [0, 0.1) is 5.92 Å². The third-order valence-electron chi connectivity index (χ3n) is 3.83. The van der Waals surface area contributed by atoms with Crippen LogP contribution >= 0.6 is 11.3 Å². The van der Waals surface area contributed by atoms with Crippen molar-refractivity contribution in [2.45, 2.75) is 23.1 Å². The summed E-state index contributed by atoms with van der Waals surface area (Å²) in [5, 5.41) is 13.3. The smallest absolute Gasteiger partial charge is 0.330 e. The van der Waals surface area contributed by atoms with Crippen molar-refractivity contribution in [3.05, 3.63) is 17.5 Å². The molecule has 1 amide bonds. The molecule has 0 unspecified atom stereocenters. The van der Waals surface area contributed by atoms with Crippen molar-refractivity contribution >= 4 is 33.2 Å². The summed E-state index contributed by atoms with van der Waals surface area (Å²) in [7, 11) is -2.45. The highest BCUT2D eigenvalue weighted by molar-refractivity contribution is 7.91. The van der Waals surface area contributed by atoms with Crippen LogP contribution in [0.1, 0.15) is 12.8 Å². The number of nitrogens with zero attached hydrogens (tertiary/aromatic N) is 1. The van der Waals surface area contributed by atoms with Gasteiger partial charge in [0.2, 0.25) is 5.91 Å². The van der Waals surface area contributed by atoms with E-state index in [2.05, 4.69) is 10.1 Å². The molecular formula is C14H20N2O6S2. The van der Waals surface area contributed by atoms with Gasteiger partial charge in [-0.2, -0.15) is 4.31 Å². The maximum Gasteiger partial charge on any atom is 0.330 e. The summed E-state index contributed by atoms with van der Waals surface area (Å²) in [5.41, 5.74) is 0. The van der Waals surface area contributed by atoms with Crippen LogP contribution in [-0.2, 0) is 24.3 Å². The van der Waals surface area contributed by atoms with Gasteiger partial charge in [0.25, 0.3) is 10.0 Å². The Morgan fingerprint density at radius 2 is 2.29 bits per heavy atom. The summed E-state index contributed by atoms with van der Waals surface area (Å²) < 4.78 is 31.1. The van der Waals surface area contributed by atoms with Gasteiger partial charge in [-0.1, -0.05) is 6.07 Å². The monoisotopic (exact) mass is 376 g/mol. The first-order valence-corrected chi connectivity index (χ1v) is 9.74. The van der Waals surface area contributed by atoms with E-state index in [9.17, 15) is 18.0 Å². The Morgan fingerprint density at radius 1 is 1.54 bits per heavy atom. The quantitative estimate of drug-likeness (QED) is 0.665. The number of methoxy groups -OCH3 is 1. The molecule has 0 aliphatic carbocycles. The molecule has 0 aromatic carbocycles. The Labute approximate surface area is 144 Å². The van der Waals surface area contributed by atoms with Crippen LogP contribution in [0.15, 0.2) is 21.7 Å². The number of piperidine rings is 1.